The number of aliphatic hydroxyl groups excluding tert-OH is 1. The van der Waals surface area contributed by atoms with E-state index < -0.39 is 12.1 Å². The predicted octanol–water partition coefficient (Wildman–Crippen LogP) is 2.36. The Morgan fingerprint density at radius 3 is 2.62 bits per heavy atom. The van der Waals surface area contributed by atoms with Gasteiger partial charge in [-0.05, 0) is 50.9 Å². The molecule has 0 spiro atoms. The van der Waals surface area contributed by atoms with Gasteiger partial charge in [0.25, 0.3) is 0 Å². The summed E-state index contributed by atoms with van der Waals surface area (Å²) in [5, 5.41) is 20.2. The average Bonchev–Trinajstić information content (AvgIpc) is 2.80. The molecule has 0 aliphatic heterocycles. The molecule has 1 heterocycles. The topological polar surface area (TPSA) is 88.5 Å². The number of nitrogens with zero attached hydrogens (tertiary/aromatic N) is 1. The third-order valence-corrected chi connectivity index (χ3v) is 3.90. The first kappa shape index (κ1) is 15.5. The number of benzene rings is 1. The van der Waals surface area contributed by atoms with Gasteiger partial charge < -0.3 is 20.5 Å². The van der Waals surface area contributed by atoms with Crippen LogP contribution in [0.15, 0.2) is 12.3 Å². The minimum Gasteiger partial charge on any atom is -0.478 e. The van der Waals surface area contributed by atoms with Gasteiger partial charge in [-0.3, -0.25) is 0 Å². The second-order valence-corrected chi connectivity index (χ2v) is 5.49. The summed E-state index contributed by atoms with van der Waals surface area (Å²) in [6, 6.07) is 1.70. The quantitative estimate of drug-likeness (QED) is 0.788. The van der Waals surface area contributed by atoms with Crippen molar-refractivity contribution in [1.82, 2.24) is 4.57 Å². The van der Waals surface area contributed by atoms with E-state index in [-0.39, 0.29) is 0 Å². The van der Waals surface area contributed by atoms with Crippen molar-refractivity contribution in [3.05, 3.63) is 34.5 Å². The lowest BCUT2D eigenvalue weighted by atomic mass is 9.97. The minimum atomic E-state index is -0.941. The number of fused-ring (bicyclic) bond motifs is 1. The lowest BCUT2D eigenvalue weighted by Gasteiger charge is -2.11. The summed E-state index contributed by atoms with van der Waals surface area (Å²) in [4.78, 5) is 11.4. The third-order valence-electron chi connectivity index (χ3n) is 3.90. The highest BCUT2D eigenvalue weighted by molar-refractivity contribution is 6.00. The Hall–Kier alpha value is -1.85. The summed E-state index contributed by atoms with van der Waals surface area (Å²) < 4.78 is 2.07. The average molecular weight is 290 g/mol. The number of aromatic nitrogens is 1. The van der Waals surface area contributed by atoms with Gasteiger partial charge in [0.15, 0.2) is 0 Å². The molecule has 1 aromatic carbocycles. The molecule has 0 fully saturated rings. The first-order valence-electron chi connectivity index (χ1n) is 7.12. The van der Waals surface area contributed by atoms with Gasteiger partial charge in [0.2, 0.25) is 0 Å². The Bertz CT molecular complexity index is 687. The molecule has 2 rings (SSSR count). The third kappa shape index (κ3) is 2.66. The predicted molar refractivity (Wildman–Crippen MR) is 82.7 cm³/mol. The Morgan fingerprint density at radius 1 is 1.43 bits per heavy atom. The lowest BCUT2D eigenvalue weighted by molar-refractivity contribution is 0.0696. The summed E-state index contributed by atoms with van der Waals surface area (Å²) in [6.45, 7) is 6.75. The highest BCUT2D eigenvalue weighted by atomic mass is 16.4. The molecule has 0 saturated heterocycles. The van der Waals surface area contributed by atoms with Crippen LogP contribution in [0.4, 0.5) is 0 Å². The monoisotopic (exact) mass is 290 g/mol. The Morgan fingerprint density at radius 2 is 2.10 bits per heavy atom. The van der Waals surface area contributed by atoms with Crippen molar-refractivity contribution in [2.75, 3.05) is 6.54 Å². The molecule has 114 valence electrons. The normalized spacial score (nSPS) is 12.8. The summed E-state index contributed by atoms with van der Waals surface area (Å²) in [7, 11) is 0. The molecule has 4 N–H and O–H groups in total. The summed E-state index contributed by atoms with van der Waals surface area (Å²) in [5.74, 6) is -0.941. The number of hydrogen-bond acceptors (Lipinski definition) is 3. The van der Waals surface area contributed by atoms with E-state index in [1.165, 1.54) is 0 Å². The molecule has 0 saturated carbocycles. The number of nitrogens with two attached hydrogens (primary N) is 1. The van der Waals surface area contributed by atoms with E-state index in [0.717, 1.165) is 35.0 Å². The maximum absolute atomic E-state index is 11.4. The molecule has 0 aliphatic carbocycles. The van der Waals surface area contributed by atoms with Crippen LogP contribution < -0.4 is 5.73 Å². The van der Waals surface area contributed by atoms with Crippen molar-refractivity contribution in [2.45, 2.75) is 39.8 Å². The van der Waals surface area contributed by atoms with E-state index in [1.54, 1.807) is 19.9 Å². The van der Waals surface area contributed by atoms with Crippen LogP contribution in [0.2, 0.25) is 0 Å². The van der Waals surface area contributed by atoms with Crippen molar-refractivity contribution in [1.29, 1.82) is 0 Å². The fourth-order valence-corrected chi connectivity index (χ4v) is 2.90. The van der Waals surface area contributed by atoms with Crippen molar-refractivity contribution < 1.29 is 15.0 Å². The van der Waals surface area contributed by atoms with Gasteiger partial charge in [-0.2, -0.15) is 0 Å². The Labute approximate surface area is 124 Å². The second-order valence-electron chi connectivity index (χ2n) is 5.49. The van der Waals surface area contributed by atoms with Gasteiger partial charge in [0.1, 0.15) is 0 Å². The number of aryl methyl sites for hydroxylation is 3. The van der Waals surface area contributed by atoms with Crippen LogP contribution in [0.1, 0.15) is 46.5 Å². The van der Waals surface area contributed by atoms with Crippen LogP contribution in [-0.4, -0.2) is 27.3 Å². The molecule has 21 heavy (non-hydrogen) atoms. The molecular weight excluding hydrogens is 268 g/mol. The summed E-state index contributed by atoms with van der Waals surface area (Å²) in [5.41, 5.74) is 9.23. The number of aromatic carboxylic acids is 1. The molecule has 1 atom stereocenters. The zero-order valence-corrected chi connectivity index (χ0v) is 12.7. The van der Waals surface area contributed by atoms with E-state index in [4.69, 9.17) is 5.73 Å². The number of carboxylic acid groups (broad SMARTS) is 1. The van der Waals surface area contributed by atoms with Gasteiger partial charge >= 0.3 is 5.97 Å². The van der Waals surface area contributed by atoms with Crippen LogP contribution in [0.25, 0.3) is 10.9 Å². The number of aliphatic hydroxyl groups is 1. The highest BCUT2D eigenvalue weighted by Crippen LogP contribution is 2.33. The molecule has 5 nitrogen and oxygen atoms in total. The van der Waals surface area contributed by atoms with Gasteiger partial charge in [0.05, 0.1) is 17.2 Å². The van der Waals surface area contributed by atoms with E-state index in [0.29, 0.717) is 17.7 Å². The first-order valence-corrected chi connectivity index (χ1v) is 7.12. The molecule has 5 heteroatoms. The van der Waals surface area contributed by atoms with Crippen molar-refractivity contribution in [2.24, 2.45) is 5.73 Å². The van der Waals surface area contributed by atoms with E-state index in [1.807, 2.05) is 13.1 Å². The number of rotatable bonds is 5. The SMILES string of the molecule is Cc1c(C(=O)O)cc(C)c2c1c(C(C)O)cn2CCCN. The smallest absolute Gasteiger partial charge is 0.335 e. The van der Waals surface area contributed by atoms with Gasteiger partial charge in [-0.25, -0.2) is 4.79 Å². The van der Waals surface area contributed by atoms with Crippen LogP contribution in [0, 0.1) is 13.8 Å². The lowest BCUT2D eigenvalue weighted by Crippen LogP contribution is -2.06. The Kier molecular flexibility index (Phi) is 4.34. The van der Waals surface area contributed by atoms with Crippen LogP contribution in [0.5, 0.6) is 0 Å². The van der Waals surface area contributed by atoms with Crippen molar-refractivity contribution in [3.8, 4) is 0 Å². The molecule has 0 radical (unpaired) electrons. The van der Waals surface area contributed by atoms with Crippen molar-refractivity contribution in [3.63, 3.8) is 0 Å². The second kappa shape index (κ2) is 5.87. The number of hydrogen-bond donors (Lipinski definition) is 3. The van der Waals surface area contributed by atoms with Gasteiger partial charge in [-0.15, -0.1) is 0 Å². The van der Waals surface area contributed by atoms with E-state index >= 15 is 0 Å². The van der Waals surface area contributed by atoms with Gasteiger partial charge in [0, 0.05) is 23.7 Å². The molecule has 0 bridgehead atoms. The Balaban J connectivity index is 2.80. The van der Waals surface area contributed by atoms with E-state index in [2.05, 4.69) is 4.57 Å². The summed E-state index contributed by atoms with van der Waals surface area (Å²) in [6.07, 6.45) is 2.10. The van der Waals surface area contributed by atoms with Crippen LogP contribution in [0.3, 0.4) is 0 Å². The molecule has 0 aliphatic rings. The van der Waals surface area contributed by atoms with Crippen LogP contribution >= 0.6 is 0 Å². The number of carboxylic acids is 1. The van der Waals surface area contributed by atoms with Crippen LogP contribution in [-0.2, 0) is 6.54 Å². The summed E-state index contributed by atoms with van der Waals surface area (Å²) >= 11 is 0. The maximum Gasteiger partial charge on any atom is 0.335 e. The first-order chi connectivity index (χ1) is 9.88. The van der Waals surface area contributed by atoms with Gasteiger partial charge in [-0.1, -0.05) is 0 Å². The molecule has 1 aromatic heterocycles. The zero-order chi connectivity index (χ0) is 15.7. The highest BCUT2D eigenvalue weighted by Gasteiger charge is 2.20. The standard InChI is InChI=1S/C16H22N2O3/c1-9-7-12(16(20)21)10(2)14-13(11(3)19)8-18(15(9)14)6-4-5-17/h7-8,11,19H,4-6,17H2,1-3H3,(H,20,21). The maximum atomic E-state index is 11.4. The fraction of sp³-hybridized carbons (Fsp3) is 0.438. The molecule has 1 unspecified atom stereocenters. The zero-order valence-electron chi connectivity index (χ0n) is 12.7. The fourth-order valence-electron chi connectivity index (χ4n) is 2.90. The molecule has 0 amide bonds. The van der Waals surface area contributed by atoms with Crippen molar-refractivity contribution >= 4 is 16.9 Å². The van der Waals surface area contributed by atoms with E-state index in [9.17, 15) is 15.0 Å². The largest absolute Gasteiger partial charge is 0.478 e. The molecular formula is C16H22N2O3. The minimum absolute atomic E-state index is 0.290. The number of carbonyl (C=O) groups is 1. The molecule has 2 aromatic rings.